The van der Waals surface area contributed by atoms with Crippen LogP contribution in [0, 0.1) is 10.1 Å². The second-order valence-corrected chi connectivity index (χ2v) is 7.92. The number of hydrogen-bond acceptors (Lipinski definition) is 6. The van der Waals surface area contributed by atoms with Gasteiger partial charge in [-0.15, -0.1) is 0 Å². The molecule has 0 saturated heterocycles. The highest BCUT2D eigenvalue weighted by Gasteiger charge is 2.38. The first-order valence-electron chi connectivity index (χ1n) is 8.42. The summed E-state index contributed by atoms with van der Waals surface area (Å²) in [5, 5.41) is 13.3. The van der Waals surface area contributed by atoms with E-state index in [0.29, 0.717) is 0 Å². The van der Waals surface area contributed by atoms with Gasteiger partial charge in [0, 0.05) is 12.1 Å². The number of carbonyl (C=O) groups excluding carboxylic acids is 2. The van der Waals surface area contributed by atoms with E-state index in [1.807, 2.05) is 0 Å². The predicted octanol–water partition coefficient (Wildman–Crippen LogP) is 3.17. The largest absolute Gasteiger partial charge is 0.451 e. The minimum atomic E-state index is -1.25. The van der Waals surface area contributed by atoms with Crippen LogP contribution < -0.4 is 5.32 Å². The van der Waals surface area contributed by atoms with Crippen molar-refractivity contribution in [2.24, 2.45) is 0 Å². The van der Waals surface area contributed by atoms with E-state index in [2.05, 4.69) is 10.1 Å². The van der Waals surface area contributed by atoms with Crippen molar-refractivity contribution in [3.05, 3.63) is 45.5 Å². The number of ether oxygens (including phenoxy) is 2. The molecule has 0 aromatic heterocycles. The van der Waals surface area contributed by atoms with Crippen molar-refractivity contribution in [1.29, 1.82) is 0 Å². The maximum atomic E-state index is 12.4. The third-order valence-electron chi connectivity index (χ3n) is 3.09. The van der Waals surface area contributed by atoms with Crippen molar-refractivity contribution >= 4 is 23.5 Å². The van der Waals surface area contributed by atoms with Gasteiger partial charge < -0.3 is 20.3 Å². The average Bonchev–Trinajstić information content (AvgIpc) is 2.51. The van der Waals surface area contributed by atoms with Crippen molar-refractivity contribution in [2.45, 2.75) is 58.8 Å². The topological polar surface area (TPSA) is 144 Å². The Morgan fingerprint density at radius 2 is 1.57 bits per heavy atom. The molecule has 1 amide bonds. The number of non-ortho nitro benzene ring substituents is 1. The van der Waals surface area contributed by atoms with Crippen LogP contribution in [0.3, 0.4) is 0 Å². The molecule has 10 heteroatoms. The lowest BCUT2D eigenvalue weighted by Crippen LogP contribution is -2.42. The van der Waals surface area contributed by atoms with Crippen LogP contribution in [-0.2, 0) is 14.3 Å². The Kier molecular flexibility index (Phi) is 7.01. The van der Waals surface area contributed by atoms with Crippen LogP contribution >= 0.6 is 0 Å². The van der Waals surface area contributed by atoms with Gasteiger partial charge in [-0.1, -0.05) is 0 Å². The maximum Gasteiger partial charge on any atom is 0.420 e. The van der Waals surface area contributed by atoms with Gasteiger partial charge in [-0.05, 0) is 59.2 Å². The van der Waals surface area contributed by atoms with E-state index < -0.39 is 39.9 Å². The number of amides is 1. The molecule has 0 spiro atoms. The number of alkyl carbamates (subject to hydrolysis) is 1. The van der Waals surface area contributed by atoms with Crippen molar-refractivity contribution in [3.63, 3.8) is 0 Å². The fourth-order valence-electron chi connectivity index (χ4n) is 2.07. The highest BCUT2D eigenvalue weighted by molar-refractivity contribution is 6.36. The van der Waals surface area contributed by atoms with E-state index >= 15 is 0 Å². The first kappa shape index (κ1) is 22.8. The fourth-order valence-corrected chi connectivity index (χ4v) is 2.07. The van der Waals surface area contributed by atoms with Crippen molar-refractivity contribution < 1.29 is 28.8 Å². The van der Waals surface area contributed by atoms with Crippen molar-refractivity contribution in [2.75, 3.05) is 0 Å². The molecule has 1 aromatic rings. The van der Waals surface area contributed by atoms with E-state index in [-0.39, 0.29) is 11.3 Å². The number of nitro groups is 1. The maximum absolute atomic E-state index is 12.4. The van der Waals surface area contributed by atoms with Crippen LogP contribution in [-0.4, -0.2) is 38.7 Å². The zero-order valence-corrected chi connectivity index (χ0v) is 16.7. The van der Waals surface area contributed by atoms with Gasteiger partial charge in [0.1, 0.15) is 11.2 Å². The molecule has 28 heavy (non-hydrogen) atoms. The third kappa shape index (κ3) is 7.16. The predicted molar refractivity (Wildman–Crippen MR) is 99.7 cm³/mol. The van der Waals surface area contributed by atoms with Gasteiger partial charge in [0.2, 0.25) is 0 Å². The molecule has 1 atom stereocenters. The van der Waals surface area contributed by atoms with Crippen LogP contribution in [0.5, 0.6) is 0 Å². The molecule has 0 fully saturated rings. The lowest BCUT2D eigenvalue weighted by atomic mass is 10.0. The van der Waals surface area contributed by atoms with Crippen molar-refractivity contribution in [3.8, 4) is 0 Å². The lowest BCUT2D eigenvalue weighted by Gasteiger charge is -2.23. The average molecular weight is 392 g/mol. The summed E-state index contributed by atoms with van der Waals surface area (Å²) in [7, 11) is 0. The number of nitrogens with one attached hydrogen (secondary N) is 1. The molecule has 0 bridgehead atoms. The molecule has 0 heterocycles. The monoisotopic (exact) mass is 392 g/mol. The second kappa shape index (κ2) is 8.62. The summed E-state index contributed by atoms with van der Waals surface area (Å²) < 4.78 is 10.4. The molecule has 0 saturated carbocycles. The smallest absolute Gasteiger partial charge is 0.420 e. The zero-order valence-electron chi connectivity index (χ0n) is 16.7. The first-order chi connectivity index (χ1) is 12.7. The van der Waals surface area contributed by atoms with Gasteiger partial charge in [-0.25, -0.2) is 9.59 Å². The van der Waals surface area contributed by atoms with Crippen LogP contribution in [0.2, 0.25) is 0 Å². The fraction of sp³-hybridized carbons (Fsp3) is 0.500. The number of rotatable bonds is 5. The van der Waals surface area contributed by atoms with Gasteiger partial charge in [-0.2, -0.15) is 4.79 Å². The summed E-state index contributed by atoms with van der Waals surface area (Å²) >= 11 is 0. The highest BCUT2D eigenvalue weighted by atomic mass is 16.6. The summed E-state index contributed by atoms with van der Waals surface area (Å²) in [6.45, 7) is 9.85. The van der Waals surface area contributed by atoms with Crippen molar-refractivity contribution in [1.82, 2.24) is 5.32 Å². The standard InChI is InChI=1S/C18H24N4O6/c1-17(2,3)27-15(23)14(21-19)13(20-16(24)28-18(4,5)6)11-7-9-12(10-8-11)22(25)26/h7-10,13H,1-6H3,(H,20,24)/t13-/m1/s1. The van der Waals surface area contributed by atoms with E-state index in [4.69, 9.17) is 9.47 Å². The Bertz CT molecular complexity index is 799. The number of benzene rings is 1. The highest BCUT2D eigenvalue weighted by Crippen LogP contribution is 2.21. The third-order valence-corrected chi connectivity index (χ3v) is 3.09. The zero-order chi connectivity index (χ0) is 21.7. The number of nitrogens with zero attached hydrogens (tertiary/aromatic N) is 3. The van der Waals surface area contributed by atoms with E-state index in [0.717, 1.165) is 0 Å². The number of esters is 1. The van der Waals surface area contributed by atoms with Crippen LogP contribution in [0.25, 0.3) is 5.53 Å². The molecular formula is C18H24N4O6. The molecule has 0 aliphatic rings. The molecular weight excluding hydrogens is 368 g/mol. The Hall–Kier alpha value is -3.26. The lowest BCUT2D eigenvalue weighted by molar-refractivity contribution is -0.384. The molecule has 0 radical (unpaired) electrons. The normalized spacial score (nSPS) is 12.4. The first-order valence-corrected chi connectivity index (χ1v) is 8.42. The van der Waals surface area contributed by atoms with Gasteiger partial charge in [0.05, 0.1) is 4.92 Å². The molecule has 1 rings (SSSR count). The van der Waals surface area contributed by atoms with Crippen LogP contribution in [0.15, 0.2) is 24.3 Å². The Labute approximate surface area is 162 Å². The molecule has 0 aliphatic heterocycles. The van der Waals surface area contributed by atoms with Gasteiger partial charge in [0.15, 0.2) is 6.04 Å². The summed E-state index contributed by atoms with van der Waals surface area (Å²) in [4.78, 5) is 37.9. The SMILES string of the molecule is CC(C)(C)OC(=O)N[C@@H](C(=[N+]=[N-])C(=O)OC(C)(C)C)c1ccc([N+](=O)[O-])cc1. The summed E-state index contributed by atoms with van der Waals surface area (Å²) in [5.74, 6) is -0.964. The summed E-state index contributed by atoms with van der Waals surface area (Å²) in [6, 6.07) is 3.80. The molecule has 10 nitrogen and oxygen atoms in total. The van der Waals surface area contributed by atoms with Gasteiger partial charge >= 0.3 is 17.8 Å². The molecule has 0 aliphatic carbocycles. The Balaban J connectivity index is 3.29. The van der Waals surface area contributed by atoms with E-state index in [9.17, 15) is 25.2 Å². The Morgan fingerprint density at radius 3 is 1.96 bits per heavy atom. The Morgan fingerprint density at radius 1 is 1.07 bits per heavy atom. The molecule has 0 unspecified atom stereocenters. The number of hydrogen-bond donors (Lipinski definition) is 1. The summed E-state index contributed by atoms with van der Waals surface area (Å²) in [5.41, 5.74) is 7.28. The van der Waals surface area contributed by atoms with Gasteiger partial charge in [-0.3, -0.25) is 10.1 Å². The van der Waals surface area contributed by atoms with E-state index in [1.165, 1.54) is 24.3 Å². The van der Waals surface area contributed by atoms with Gasteiger partial charge in [0.25, 0.3) is 5.69 Å². The number of carbonyl (C=O) groups is 2. The molecule has 1 N–H and O–H groups in total. The summed E-state index contributed by atoms with van der Waals surface area (Å²) in [6.07, 6.45) is -0.874. The quantitative estimate of drug-likeness (QED) is 0.203. The minimum Gasteiger partial charge on any atom is -0.451 e. The number of nitro benzene ring substituents is 1. The van der Waals surface area contributed by atoms with Crippen LogP contribution in [0.1, 0.15) is 53.1 Å². The molecule has 152 valence electrons. The van der Waals surface area contributed by atoms with E-state index in [1.54, 1.807) is 41.5 Å². The van der Waals surface area contributed by atoms with Crippen LogP contribution in [0.4, 0.5) is 10.5 Å². The minimum absolute atomic E-state index is 0.181. The molecule has 1 aromatic carbocycles. The second-order valence-electron chi connectivity index (χ2n) is 7.92.